The van der Waals surface area contributed by atoms with Gasteiger partial charge in [0.15, 0.2) is 0 Å². The van der Waals surface area contributed by atoms with E-state index < -0.39 is 18.1 Å². The van der Waals surface area contributed by atoms with Crippen molar-refractivity contribution in [1.29, 1.82) is 0 Å². The maximum absolute atomic E-state index is 13.1. The number of halogens is 9. The van der Waals surface area contributed by atoms with Crippen molar-refractivity contribution < 1.29 is 35.5 Å². The third-order valence-electron chi connectivity index (χ3n) is 3.43. The molecule has 0 fully saturated rings. The smallest absolute Gasteiger partial charge is 0.462 e. The molecule has 29 heavy (non-hydrogen) atoms. The van der Waals surface area contributed by atoms with Gasteiger partial charge in [0, 0.05) is 3.57 Å². The average Bonchev–Trinajstić information content (AvgIpc) is 2.61. The molecular weight excluding hydrogens is 635 g/mol. The van der Waals surface area contributed by atoms with E-state index in [-0.39, 0.29) is 12.2 Å². The molecule has 0 amide bonds. The number of nitrogens with one attached hydrogen (secondary N) is 1. The van der Waals surface area contributed by atoms with Crippen molar-refractivity contribution in [3.8, 4) is 5.75 Å². The summed E-state index contributed by atoms with van der Waals surface area (Å²) in [5.74, 6) is -5.80. The van der Waals surface area contributed by atoms with Gasteiger partial charge in [-0.15, -0.1) is 0 Å². The van der Waals surface area contributed by atoms with Crippen molar-refractivity contribution in [3.05, 3.63) is 60.7 Å². The SMILES string of the molecule is FC(F)(F)C(F)(F)C(F)(F)N/N=C/c1ccc(OCc2ccc(I)cc2)c(I)c1. The molecule has 0 atom stereocenters. The quantitative estimate of drug-likeness (QED) is 0.128. The summed E-state index contributed by atoms with van der Waals surface area (Å²) in [7, 11) is 0. The Bertz CT molecular complexity index is 871. The van der Waals surface area contributed by atoms with Gasteiger partial charge < -0.3 is 4.74 Å². The van der Waals surface area contributed by atoms with Crippen molar-refractivity contribution >= 4 is 51.4 Å². The van der Waals surface area contributed by atoms with Crippen LogP contribution in [0.15, 0.2) is 47.6 Å². The predicted molar refractivity (Wildman–Crippen MR) is 109 cm³/mol. The first-order valence-corrected chi connectivity index (χ1v) is 9.78. The predicted octanol–water partition coefficient (Wildman–Crippen LogP) is 6.19. The Labute approximate surface area is 188 Å². The highest BCUT2D eigenvalue weighted by Gasteiger charge is 2.73. The van der Waals surface area contributed by atoms with Crippen LogP contribution in [0.4, 0.5) is 30.7 Å². The lowest BCUT2D eigenvalue weighted by Gasteiger charge is -2.27. The normalized spacial score (nSPS) is 13.0. The topological polar surface area (TPSA) is 33.6 Å². The second-order valence-corrected chi connectivity index (χ2v) is 8.03. The number of rotatable bonds is 7. The number of hydrazone groups is 1. The summed E-state index contributed by atoms with van der Waals surface area (Å²) < 4.78 is 95.2. The third kappa shape index (κ3) is 6.08. The van der Waals surface area contributed by atoms with Gasteiger partial charge in [-0.3, -0.25) is 0 Å². The molecule has 1 N–H and O–H groups in total. The molecule has 0 unspecified atom stereocenters. The zero-order chi connectivity index (χ0) is 21.9. The Balaban J connectivity index is 2.02. The zero-order valence-corrected chi connectivity index (χ0v) is 18.4. The van der Waals surface area contributed by atoms with Crippen LogP contribution in [0.3, 0.4) is 0 Å². The van der Waals surface area contributed by atoms with Crippen LogP contribution in [0, 0.1) is 7.14 Å². The molecule has 0 aliphatic heterocycles. The van der Waals surface area contributed by atoms with E-state index in [2.05, 4.69) is 27.7 Å². The van der Waals surface area contributed by atoms with Gasteiger partial charge in [-0.05, 0) is 86.6 Å². The van der Waals surface area contributed by atoms with Gasteiger partial charge in [-0.25, -0.2) is 5.43 Å². The van der Waals surface area contributed by atoms with Gasteiger partial charge in [0.2, 0.25) is 0 Å². The molecule has 0 bridgehead atoms. The number of hydrogen-bond acceptors (Lipinski definition) is 3. The van der Waals surface area contributed by atoms with E-state index in [0.717, 1.165) is 9.13 Å². The first kappa shape index (κ1) is 24.0. The van der Waals surface area contributed by atoms with Gasteiger partial charge >= 0.3 is 18.1 Å². The summed E-state index contributed by atoms with van der Waals surface area (Å²) in [5.41, 5.74) is 1.68. The van der Waals surface area contributed by atoms with Crippen LogP contribution in [-0.2, 0) is 6.61 Å². The standard InChI is InChI=1S/C17H11F7I2N2O/c18-15(19,16(20,21)22)17(23,24)28-27-8-11-3-6-14(13(26)7-11)29-9-10-1-4-12(25)5-2-10/h1-8,28H,9H2/b27-8+. The monoisotopic (exact) mass is 646 g/mol. The van der Waals surface area contributed by atoms with Crippen molar-refractivity contribution in [2.24, 2.45) is 5.10 Å². The highest BCUT2D eigenvalue weighted by atomic mass is 127. The maximum atomic E-state index is 13.1. The number of nitrogens with zero attached hydrogens (tertiary/aromatic N) is 1. The Morgan fingerprint density at radius 2 is 1.55 bits per heavy atom. The summed E-state index contributed by atoms with van der Waals surface area (Å²) in [6.45, 7) is 0.278. The molecule has 158 valence electrons. The van der Waals surface area contributed by atoms with E-state index in [1.165, 1.54) is 18.2 Å². The van der Waals surface area contributed by atoms with E-state index in [0.29, 0.717) is 21.0 Å². The minimum atomic E-state index is -6.43. The second kappa shape index (κ2) is 9.22. The number of ether oxygens (including phenoxy) is 1. The van der Waals surface area contributed by atoms with Crippen LogP contribution < -0.4 is 10.2 Å². The van der Waals surface area contributed by atoms with Gasteiger partial charge in [0.1, 0.15) is 12.4 Å². The molecule has 0 saturated carbocycles. The fourth-order valence-electron chi connectivity index (χ4n) is 1.89. The van der Waals surface area contributed by atoms with Crippen molar-refractivity contribution in [2.75, 3.05) is 0 Å². The van der Waals surface area contributed by atoms with Crippen LogP contribution in [0.25, 0.3) is 0 Å². The summed E-state index contributed by atoms with van der Waals surface area (Å²) in [4.78, 5) is 0. The summed E-state index contributed by atoms with van der Waals surface area (Å²) in [6.07, 6.45) is -5.73. The molecule has 0 aromatic heterocycles. The van der Waals surface area contributed by atoms with Gasteiger partial charge in [0.25, 0.3) is 0 Å². The first-order valence-electron chi connectivity index (χ1n) is 7.63. The number of benzene rings is 2. The number of hydrogen-bond donors (Lipinski definition) is 1. The Kier molecular flexibility index (Phi) is 7.62. The lowest BCUT2D eigenvalue weighted by Crippen LogP contribution is -2.58. The Morgan fingerprint density at radius 3 is 2.10 bits per heavy atom. The lowest BCUT2D eigenvalue weighted by atomic mass is 10.2. The molecule has 0 radical (unpaired) electrons. The van der Waals surface area contributed by atoms with Crippen molar-refractivity contribution in [1.82, 2.24) is 5.43 Å². The molecule has 3 nitrogen and oxygen atoms in total. The second-order valence-electron chi connectivity index (χ2n) is 5.62. The van der Waals surface area contributed by atoms with Crippen LogP contribution in [-0.4, -0.2) is 24.4 Å². The fourth-order valence-corrected chi connectivity index (χ4v) is 2.95. The average molecular weight is 646 g/mol. The summed E-state index contributed by atoms with van der Waals surface area (Å²) in [5, 5.41) is 2.82. The van der Waals surface area contributed by atoms with Crippen LogP contribution in [0.2, 0.25) is 0 Å². The van der Waals surface area contributed by atoms with Crippen LogP contribution >= 0.6 is 45.2 Å². The molecule has 0 spiro atoms. The molecule has 2 aromatic carbocycles. The molecule has 0 aliphatic carbocycles. The Morgan fingerprint density at radius 1 is 0.931 bits per heavy atom. The summed E-state index contributed by atoms with van der Waals surface area (Å²) in [6, 6.07) is 6.32. The summed E-state index contributed by atoms with van der Waals surface area (Å²) >= 11 is 4.07. The molecular formula is C17H11F7I2N2O. The van der Waals surface area contributed by atoms with Crippen molar-refractivity contribution in [3.63, 3.8) is 0 Å². The van der Waals surface area contributed by atoms with E-state index >= 15 is 0 Å². The van der Waals surface area contributed by atoms with Crippen LogP contribution in [0.5, 0.6) is 5.75 Å². The number of alkyl halides is 7. The van der Waals surface area contributed by atoms with Gasteiger partial charge in [-0.1, -0.05) is 12.1 Å². The maximum Gasteiger partial charge on any atom is 0.462 e. The van der Waals surface area contributed by atoms with E-state index in [9.17, 15) is 30.7 Å². The van der Waals surface area contributed by atoms with E-state index in [1.807, 2.05) is 46.9 Å². The van der Waals surface area contributed by atoms with E-state index in [4.69, 9.17) is 4.74 Å². The zero-order valence-electron chi connectivity index (χ0n) is 14.1. The molecule has 0 heterocycles. The molecule has 12 heteroatoms. The Hall–Kier alpha value is -1.32. The van der Waals surface area contributed by atoms with Gasteiger partial charge in [0.05, 0.1) is 9.78 Å². The molecule has 2 rings (SSSR count). The van der Waals surface area contributed by atoms with Crippen molar-refractivity contribution in [2.45, 2.75) is 24.8 Å². The largest absolute Gasteiger partial charge is 0.488 e. The third-order valence-corrected chi connectivity index (χ3v) is 4.99. The minimum absolute atomic E-state index is 0.189. The molecule has 2 aromatic rings. The highest BCUT2D eigenvalue weighted by Crippen LogP contribution is 2.45. The molecule has 0 aliphatic rings. The fraction of sp³-hybridized carbons (Fsp3) is 0.235. The van der Waals surface area contributed by atoms with E-state index in [1.54, 1.807) is 0 Å². The highest BCUT2D eigenvalue weighted by molar-refractivity contribution is 14.1. The van der Waals surface area contributed by atoms with Crippen LogP contribution in [0.1, 0.15) is 11.1 Å². The molecule has 0 saturated heterocycles. The minimum Gasteiger partial charge on any atom is -0.488 e. The first-order chi connectivity index (χ1) is 13.3. The van der Waals surface area contributed by atoms with Gasteiger partial charge in [-0.2, -0.15) is 35.8 Å². The lowest BCUT2D eigenvalue weighted by molar-refractivity contribution is -0.361.